The van der Waals surface area contributed by atoms with Gasteiger partial charge in [0.1, 0.15) is 5.75 Å². The zero-order chi connectivity index (χ0) is 22.9. The van der Waals surface area contributed by atoms with Crippen LogP contribution in [0.1, 0.15) is 62.1 Å². The van der Waals surface area contributed by atoms with Crippen molar-refractivity contribution in [3.8, 4) is 11.4 Å². The average molecular weight is 453 g/mol. The molecule has 0 bridgehead atoms. The third-order valence-corrected chi connectivity index (χ3v) is 9.57. The van der Waals surface area contributed by atoms with Gasteiger partial charge in [-0.05, 0) is 97.1 Å². The van der Waals surface area contributed by atoms with Gasteiger partial charge in [0.05, 0.1) is 36.5 Å². The Morgan fingerprint density at radius 3 is 2.82 bits per heavy atom. The number of imidazole rings is 2. The van der Waals surface area contributed by atoms with Gasteiger partial charge in [-0.1, -0.05) is 19.1 Å². The second-order valence-electron chi connectivity index (χ2n) is 10.9. The van der Waals surface area contributed by atoms with E-state index in [-0.39, 0.29) is 0 Å². The van der Waals surface area contributed by atoms with E-state index < -0.39 is 0 Å². The molecule has 174 valence electrons. The summed E-state index contributed by atoms with van der Waals surface area (Å²) in [5.41, 5.74) is 6.90. The van der Waals surface area contributed by atoms with Gasteiger partial charge in [-0.2, -0.15) is 0 Å². The number of para-hydroxylation sites is 2. The van der Waals surface area contributed by atoms with Gasteiger partial charge >= 0.3 is 0 Å². The van der Waals surface area contributed by atoms with Crippen molar-refractivity contribution in [3.05, 3.63) is 72.6 Å². The predicted molar refractivity (Wildman–Crippen MR) is 134 cm³/mol. The second-order valence-corrected chi connectivity index (χ2v) is 10.9. The van der Waals surface area contributed by atoms with Gasteiger partial charge in [0.15, 0.2) is 0 Å². The lowest BCUT2D eigenvalue weighted by molar-refractivity contribution is 0.0331. The summed E-state index contributed by atoms with van der Waals surface area (Å²) in [6, 6.07) is 13.9. The van der Waals surface area contributed by atoms with Crippen LogP contribution < -0.4 is 4.74 Å². The molecule has 2 aromatic heterocycles. The number of ether oxygens (including phenoxy) is 1. The highest BCUT2D eigenvalue weighted by atomic mass is 16.5. The molecule has 5 atom stereocenters. The van der Waals surface area contributed by atoms with Crippen molar-refractivity contribution in [2.45, 2.75) is 57.4 Å². The summed E-state index contributed by atoms with van der Waals surface area (Å²) in [7, 11) is 1.79. The molecule has 34 heavy (non-hydrogen) atoms. The first-order valence-corrected chi connectivity index (χ1v) is 12.8. The highest BCUT2D eigenvalue weighted by Gasteiger charge is 2.55. The Labute approximate surface area is 200 Å². The minimum atomic E-state index is 0.336. The van der Waals surface area contributed by atoms with Crippen LogP contribution in [-0.4, -0.2) is 26.2 Å². The highest BCUT2D eigenvalue weighted by molar-refractivity contribution is 5.75. The number of rotatable bonds is 3. The lowest BCUT2D eigenvalue weighted by Crippen LogP contribution is -2.42. The molecule has 1 unspecified atom stereocenters. The smallest absolute Gasteiger partial charge is 0.143 e. The fourth-order valence-corrected chi connectivity index (χ4v) is 8.01. The summed E-state index contributed by atoms with van der Waals surface area (Å²) in [6.45, 7) is 2.58. The number of hydrogen-bond acceptors (Lipinski definition) is 3. The third kappa shape index (κ3) is 2.79. The minimum Gasteiger partial charge on any atom is -0.495 e. The van der Waals surface area contributed by atoms with E-state index in [1.165, 1.54) is 48.7 Å². The van der Waals surface area contributed by atoms with E-state index in [4.69, 9.17) is 9.72 Å². The number of methoxy groups -OCH3 is 1. The van der Waals surface area contributed by atoms with Crippen LogP contribution in [0.5, 0.6) is 5.75 Å². The normalized spacial score (nSPS) is 30.1. The van der Waals surface area contributed by atoms with Crippen molar-refractivity contribution in [2.24, 2.45) is 17.3 Å². The summed E-state index contributed by atoms with van der Waals surface area (Å²) in [4.78, 5) is 8.98. The Morgan fingerprint density at radius 1 is 1.06 bits per heavy atom. The predicted octanol–water partition coefficient (Wildman–Crippen LogP) is 6.33. The largest absolute Gasteiger partial charge is 0.495 e. The van der Waals surface area contributed by atoms with E-state index in [0.717, 1.165) is 35.2 Å². The zero-order valence-electron chi connectivity index (χ0n) is 20.0. The first-order valence-electron chi connectivity index (χ1n) is 12.8. The van der Waals surface area contributed by atoms with Gasteiger partial charge < -0.3 is 13.9 Å². The molecule has 2 aromatic carbocycles. The molecular formula is C29H32N4O. The summed E-state index contributed by atoms with van der Waals surface area (Å²) < 4.78 is 10.4. The van der Waals surface area contributed by atoms with Crippen molar-refractivity contribution in [1.29, 1.82) is 0 Å². The molecular weight excluding hydrogens is 420 g/mol. The first kappa shape index (κ1) is 20.3. The van der Waals surface area contributed by atoms with E-state index in [1.807, 2.05) is 18.7 Å². The summed E-state index contributed by atoms with van der Waals surface area (Å²) in [6.07, 6.45) is 15.4. The molecule has 0 spiro atoms. The van der Waals surface area contributed by atoms with Gasteiger partial charge in [0, 0.05) is 18.4 Å². The van der Waals surface area contributed by atoms with Crippen molar-refractivity contribution < 1.29 is 4.74 Å². The van der Waals surface area contributed by atoms with Crippen LogP contribution in [0, 0.1) is 17.3 Å². The van der Waals surface area contributed by atoms with Crippen LogP contribution in [0.3, 0.4) is 0 Å². The maximum absolute atomic E-state index is 5.87. The number of nitrogens with zero attached hydrogens (tertiary/aromatic N) is 4. The van der Waals surface area contributed by atoms with Crippen molar-refractivity contribution in [2.75, 3.05) is 7.11 Å². The topological polar surface area (TPSA) is 44.9 Å². The quantitative estimate of drug-likeness (QED) is 0.365. The molecule has 3 aliphatic carbocycles. The van der Waals surface area contributed by atoms with Crippen molar-refractivity contribution in [1.82, 2.24) is 19.1 Å². The van der Waals surface area contributed by atoms with E-state index in [0.29, 0.717) is 17.4 Å². The number of fused-ring (bicyclic) bond motifs is 6. The number of hydrogen-bond donors (Lipinski definition) is 0. The van der Waals surface area contributed by atoms with Crippen LogP contribution in [0.15, 0.2) is 61.4 Å². The molecule has 2 fully saturated rings. The lowest BCUT2D eigenvalue weighted by Gasteiger charge is -2.51. The third-order valence-electron chi connectivity index (χ3n) is 9.57. The fourth-order valence-electron chi connectivity index (χ4n) is 8.01. The molecule has 0 amide bonds. The Hall–Kier alpha value is -3.08. The lowest BCUT2D eigenvalue weighted by atomic mass is 9.55. The summed E-state index contributed by atoms with van der Waals surface area (Å²) >= 11 is 0. The van der Waals surface area contributed by atoms with Crippen LogP contribution in [0.2, 0.25) is 0 Å². The average Bonchev–Trinajstić information content (AvgIpc) is 3.61. The summed E-state index contributed by atoms with van der Waals surface area (Å²) in [5, 5.41) is 0. The molecule has 0 radical (unpaired) electrons. The van der Waals surface area contributed by atoms with E-state index in [9.17, 15) is 0 Å². The van der Waals surface area contributed by atoms with Crippen molar-refractivity contribution >= 4 is 11.0 Å². The monoisotopic (exact) mass is 452 g/mol. The van der Waals surface area contributed by atoms with Gasteiger partial charge in [0.25, 0.3) is 0 Å². The summed E-state index contributed by atoms with van der Waals surface area (Å²) in [5.74, 6) is 3.13. The highest BCUT2D eigenvalue weighted by Crippen LogP contribution is 2.64. The van der Waals surface area contributed by atoms with Crippen LogP contribution in [0.25, 0.3) is 16.7 Å². The fraction of sp³-hybridized carbons (Fsp3) is 0.448. The van der Waals surface area contributed by atoms with Crippen LogP contribution in [-0.2, 0) is 6.42 Å². The van der Waals surface area contributed by atoms with Crippen molar-refractivity contribution in [3.63, 3.8) is 0 Å². The van der Waals surface area contributed by atoms with E-state index in [2.05, 4.69) is 63.8 Å². The Morgan fingerprint density at radius 2 is 1.97 bits per heavy atom. The van der Waals surface area contributed by atoms with Crippen LogP contribution >= 0.6 is 0 Å². The molecule has 7 rings (SSSR count). The number of aryl methyl sites for hydroxylation is 1. The maximum atomic E-state index is 5.87. The molecule has 5 heteroatoms. The molecule has 0 N–H and O–H groups in total. The Balaban J connectivity index is 1.24. The number of benzene rings is 2. The molecule has 4 aromatic rings. The van der Waals surface area contributed by atoms with E-state index in [1.54, 1.807) is 7.11 Å². The molecule has 2 heterocycles. The molecule has 0 saturated heterocycles. The minimum absolute atomic E-state index is 0.336. The molecule has 3 aliphatic rings. The van der Waals surface area contributed by atoms with Gasteiger partial charge in [-0.3, -0.25) is 0 Å². The Kier molecular flexibility index (Phi) is 4.46. The first-order chi connectivity index (χ1) is 16.7. The molecule has 5 nitrogen and oxygen atoms in total. The number of aromatic nitrogens is 4. The maximum Gasteiger partial charge on any atom is 0.143 e. The zero-order valence-corrected chi connectivity index (χ0v) is 20.0. The Bertz CT molecular complexity index is 1360. The molecule has 0 aliphatic heterocycles. The SMILES string of the molecule is COc1cc2c(cc1-n1ccnc1)CC[C@@H]1[C@@H]2CC[C@]2(C)C(n3cnc4ccccc43)CC[C@@H]12. The van der Waals surface area contributed by atoms with Gasteiger partial charge in [-0.15, -0.1) is 0 Å². The standard InChI is InChI=1S/C29H32N4O/c1-29-12-11-20-21(23(29)9-10-28(29)33-18-31-24-5-3-4-6-25(24)33)8-7-19-15-26(32-14-13-30-17-32)27(34-2)16-22(19)20/h3-6,13-18,20-21,23,28H,7-12H2,1-2H3/t20-,21+,23-,28?,29-/m0/s1. The second kappa shape index (κ2) is 7.46. The van der Waals surface area contributed by atoms with Gasteiger partial charge in [0.2, 0.25) is 0 Å². The van der Waals surface area contributed by atoms with E-state index >= 15 is 0 Å². The van der Waals surface area contributed by atoms with Crippen LogP contribution in [0.4, 0.5) is 0 Å². The molecule has 2 saturated carbocycles. The van der Waals surface area contributed by atoms with Gasteiger partial charge in [-0.25, -0.2) is 9.97 Å².